The summed E-state index contributed by atoms with van der Waals surface area (Å²) in [5.41, 5.74) is 9.17. The first-order valence-electron chi connectivity index (χ1n) is 12.4. The number of primary amides is 1. The fourth-order valence-electron chi connectivity index (χ4n) is 5.21. The Bertz CT molecular complexity index is 1220. The molecule has 3 N–H and O–H groups in total. The summed E-state index contributed by atoms with van der Waals surface area (Å²) in [5.74, 6) is 2.01. The minimum atomic E-state index is -0.200. The molecule has 1 aliphatic carbocycles. The molecule has 1 aliphatic rings. The number of nitrogens with two attached hydrogens (primary N) is 1. The van der Waals surface area contributed by atoms with Gasteiger partial charge in [-0.05, 0) is 75.0 Å². The van der Waals surface area contributed by atoms with E-state index in [4.69, 9.17) is 15.5 Å². The van der Waals surface area contributed by atoms with Crippen molar-refractivity contribution in [2.24, 2.45) is 24.6 Å². The maximum atomic E-state index is 13.0. The average Bonchev–Trinajstić information content (AvgIpc) is 3.12. The normalized spacial score (nSPS) is 18.3. The Morgan fingerprint density at radius 2 is 1.94 bits per heavy atom. The lowest BCUT2D eigenvalue weighted by Crippen LogP contribution is -2.22. The van der Waals surface area contributed by atoms with Gasteiger partial charge in [0, 0.05) is 13.5 Å². The van der Waals surface area contributed by atoms with Gasteiger partial charge >= 0.3 is 0 Å². The highest BCUT2D eigenvalue weighted by atomic mass is 16.5. The Kier molecular flexibility index (Phi) is 7.34. The summed E-state index contributed by atoms with van der Waals surface area (Å²) in [7, 11) is 1.78. The highest BCUT2D eigenvalue weighted by molar-refractivity contribution is 5.80. The van der Waals surface area contributed by atoms with E-state index < -0.39 is 0 Å². The number of carbonyl (C=O) groups excluding carboxylic acids is 1. The van der Waals surface area contributed by atoms with Gasteiger partial charge in [-0.2, -0.15) is 5.10 Å². The van der Waals surface area contributed by atoms with Crippen molar-refractivity contribution in [3.05, 3.63) is 39.8 Å². The minimum Gasteiger partial charge on any atom is -0.493 e. The van der Waals surface area contributed by atoms with Crippen molar-refractivity contribution in [3.63, 3.8) is 0 Å². The van der Waals surface area contributed by atoms with Gasteiger partial charge in [-0.25, -0.2) is 4.98 Å². The number of rotatable bonds is 9. The number of aromatic nitrogens is 4. The second kappa shape index (κ2) is 10.4. The average molecular weight is 466 g/mol. The number of hydrogen-bond acceptors (Lipinski definition) is 5. The Labute approximate surface area is 199 Å². The van der Waals surface area contributed by atoms with Gasteiger partial charge in [0.2, 0.25) is 5.91 Å². The van der Waals surface area contributed by atoms with Crippen LogP contribution in [0.5, 0.6) is 5.75 Å². The lowest BCUT2D eigenvalue weighted by Gasteiger charge is -2.28. The Morgan fingerprint density at radius 1 is 1.21 bits per heavy atom. The molecule has 2 heterocycles. The Hall–Kier alpha value is -3.16. The Morgan fingerprint density at radius 3 is 2.62 bits per heavy atom. The van der Waals surface area contributed by atoms with E-state index in [9.17, 15) is 9.59 Å². The molecule has 182 valence electrons. The number of fused-ring (bicyclic) bond motifs is 1. The fourth-order valence-corrected chi connectivity index (χ4v) is 5.21. The molecule has 0 atom stereocenters. The number of H-pyrrole nitrogens is 1. The summed E-state index contributed by atoms with van der Waals surface area (Å²) in [6.45, 7) is 4.56. The van der Waals surface area contributed by atoms with E-state index in [2.05, 4.69) is 29.1 Å². The number of benzene rings is 1. The van der Waals surface area contributed by atoms with Gasteiger partial charge in [-0.1, -0.05) is 19.4 Å². The summed E-state index contributed by atoms with van der Waals surface area (Å²) in [6.07, 6.45) is 7.42. The topological polar surface area (TPSA) is 116 Å². The SMILES string of the molecule is CCCc1nn(C)c2c(=O)[nH]c(-c3cc(CC4CCC(CC(N)=O)CC4)ccc3OCC)nc12. The molecule has 8 nitrogen and oxygen atoms in total. The zero-order valence-corrected chi connectivity index (χ0v) is 20.4. The number of aryl methyl sites for hydroxylation is 2. The quantitative estimate of drug-likeness (QED) is 0.497. The third-order valence-corrected chi connectivity index (χ3v) is 6.83. The van der Waals surface area contributed by atoms with Crippen molar-refractivity contribution in [1.82, 2.24) is 19.7 Å². The van der Waals surface area contributed by atoms with Gasteiger partial charge in [-0.3, -0.25) is 14.3 Å². The zero-order chi connectivity index (χ0) is 24.2. The molecule has 8 heteroatoms. The first kappa shape index (κ1) is 24.0. The first-order valence-corrected chi connectivity index (χ1v) is 12.4. The monoisotopic (exact) mass is 465 g/mol. The third kappa shape index (κ3) is 5.16. The molecular formula is C26H35N5O3. The zero-order valence-electron chi connectivity index (χ0n) is 20.4. The highest BCUT2D eigenvalue weighted by Crippen LogP contribution is 2.35. The number of ether oxygens (including phenoxy) is 1. The van der Waals surface area contributed by atoms with Crippen LogP contribution in [0, 0.1) is 11.8 Å². The molecule has 0 saturated heterocycles. The molecule has 4 rings (SSSR count). The second-order valence-electron chi connectivity index (χ2n) is 9.46. The van der Waals surface area contributed by atoms with Crippen LogP contribution < -0.4 is 16.0 Å². The number of carbonyl (C=O) groups is 1. The molecule has 0 bridgehead atoms. The van der Waals surface area contributed by atoms with Crippen molar-refractivity contribution in [1.29, 1.82) is 0 Å². The molecule has 34 heavy (non-hydrogen) atoms. The van der Waals surface area contributed by atoms with Crippen molar-refractivity contribution in [2.45, 2.75) is 65.2 Å². The second-order valence-corrected chi connectivity index (χ2v) is 9.46. The smallest absolute Gasteiger partial charge is 0.277 e. The summed E-state index contributed by atoms with van der Waals surface area (Å²) >= 11 is 0. The third-order valence-electron chi connectivity index (χ3n) is 6.83. The number of amides is 1. The molecule has 2 aromatic heterocycles. The Balaban J connectivity index is 1.64. The molecule has 1 fully saturated rings. The number of aromatic amines is 1. The van der Waals surface area contributed by atoms with E-state index >= 15 is 0 Å². The number of nitrogens with one attached hydrogen (secondary N) is 1. The molecule has 0 unspecified atom stereocenters. The van der Waals surface area contributed by atoms with Crippen LogP contribution in [-0.4, -0.2) is 32.3 Å². The predicted molar refractivity (Wildman–Crippen MR) is 133 cm³/mol. The molecule has 1 aromatic carbocycles. The summed E-state index contributed by atoms with van der Waals surface area (Å²) < 4.78 is 7.51. The van der Waals surface area contributed by atoms with Crippen molar-refractivity contribution in [2.75, 3.05) is 6.61 Å². The van der Waals surface area contributed by atoms with E-state index in [0.29, 0.717) is 47.5 Å². The fraction of sp³-hybridized carbons (Fsp3) is 0.538. The van der Waals surface area contributed by atoms with Gasteiger partial charge in [0.25, 0.3) is 5.56 Å². The van der Waals surface area contributed by atoms with Crippen molar-refractivity contribution in [3.8, 4) is 17.1 Å². The van der Waals surface area contributed by atoms with E-state index in [-0.39, 0.29) is 11.5 Å². The lowest BCUT2D eigenvalue weighted by molar-refractivity contribution is -0.119. The van der Waals surface area contributed by atoms with Crippen LogP contribution >= 0.6 is 0 Å². The van der Waals surface area contributed by atoms with Crippen LogP contribution in [0.2, 0.25) is 0 Å². The lowest BCUT2D eigenvalue weighted by atomic mass is 9.78. The molecule has 0 radical (unpaired) electrons. The van der Waals surface area contributed by atoms with Crippen molar-refractivity contribution >= 4 is 16.9 Å². The van der Waals surface area contributed by atoms with Crippen LogP contribution in [0.3, 0.4) is 0 Å². The van der Waals surface area contributed by atoms with Crippen LogP contribution in [0.25, 0.3) is 22.4 Å². The van der Waals surface area contributed by atoms with Crippen molar-refractivity contribution < 1.29 is 9.53 Å². The van der Waals surface area contributed by atoms with Gasteiger partial charge in [0.05, 0.1) is 17.9 Å². The van der Waals surface area contributed by atoms with E-state index in [1.807, 2.05) is 13.0 Å². The largest absolute Gasteiger partial charge is 0.493 e. The van der Waals surface area contributed by atoms with Crippen LogP contribution in [-0.2, 0) is 24.7 Å². The standard InChI is InChI=1S/C26H35N5O3/c1-4-6-20-23-24(31(3)30-20)26(33)29-25(28-23)19-14-18(11-12-21(19)34-5-2)13-16-7-9-17(10-8-16)15-22(27)32/h11-12,14,16-17H,4-10,13,15H2,1-3H3,(H2,27,32)(H,28,29,33). The molecular weight excluding hydrogens is 430 g/mol. The predicted octanol–water partition coefficient (Wildman–Crippen LogP) is 3.90. The number of hydrogen-bond donors (Lipinski definition) is 2. The van der Waals surface area contributed by atoms with E-state index in [0.717, 1.165) is 56.2 Å². The van der Waals surface area contributed by atoms with E-state index in [1.54, 1.807) is 11.7 Å². The summed E-state index contributed by atoms with van der Waals surface area (Å²) in [6, 6.07) is 6.18. The molecule has 0 spiro atoms. The minimum absolute atomic E-state index is 0.196. The molecule has 1 saturated carbocycles. The molecule has 0 aliphatic heterocycles. The summed E-state index contributed by atoms with van der Waals surface area (Å²) in [5, 5.41) is 4.53. The maximum Gasteiger partial charge on any atom is 0.277 e. The van der Waals surface area contributed by atoms with Gasteiger partial charge in [-0.15, -0.1) is 0 Å². The maximum absolute atomic E-state index is 13.0. The first-order chi connectivity index (χ1) is 16.4. The van der Waals surface area contributed by atoms with Gasteiger partial charge in [0.15, 0.2) is 5.52 Å². The van der Waals surface area contributed by atoms with Crippen LogP contribution in [0.1, 0.15) is 63.6 Å². The van der Waals surface area contributed by atoms with E-state index in [1.165, 1.54) is 5.56 Å². The van der Waals surface area contributed by atoms with Crippen LogP contribution in [0.15, 0.2) is 23.0 Å². The highest BCUT2D eigenvalue weighted by Gasteiger charge is 2.23. The molecule has 3 aromatic rings. The number of nitrogens with zero attached hydrogens (tertiary/aromatic N) is 3. The van der Waals surface area contributed by atoms with Gasteiger partial charge < -0.3 is 15.5 Å². The summed E-state index contributed by atoms with van der Waals surface area (Å²) in [4.78, 5) is 32.0. The van der Waals surface area contributed by atoms with Crippen LogP contribution in [0.4, 0.5) is 0 Å². The molecule has 1 amide bonds. The van der Waals surface area contributed by atoms with Gasteiger partial charge in [0.1, 0.15) is 17.1 Å².